The zero-order valence-electron chi connectivity index (χ0n) is 19.2. The Morgan fingerprint density at radius 2 is 1.94 bits per heavy atom. The molecule has 166 valence electrons. The Balaban J connectivity index is 1.70. The highest BCUT2D eigenvalue weighted by Gasteiger charge is 2.18. The fourth-order valence-electron chi connectivity index (χ4n) is 4.37. The maximum atomic E-state index is 9.38. The SMILES string of the molecule is CNc1cc2c(NC(C)c3cccc(C#N)c3C)nnc(C)c2cc1CN1CCOCC1. The molecule has 0 aliphatic carbocycles. The van der Waals surface area contributed by atoms with Gasteiger partial charge in [0.2, 0.25) is 0 Å². The topological polar surface area (TPSA) is 86.1 Å². The zero-order chi connectivity index (χ0) is 22.7. The number of ether oxygens (including phenoxy) is 1. The second kappa shape index (κ2) is 9.51. The van der Waals surface area contributed by atoms with Crippen molar-refractivity contribution in [1.29, 1.82) is 5.26 Å². The van der Waals surface area contributed by atoms with E-state index in [-0.39, 0.29) is 6.04 Å². The smallest absolute Gasteiger partial charge is 0.157 e. The first-order valence-corrected chi connectivity index (χ1v) is 11.1. The molecule has 0 bridgehead atoms. The number of hydrogen-bond donors (Lipinski definition) is 2. The second-order valence-electron chi connectivity index (χ2n) is 8.33. The minimum Gasteiger partial charge on any atom is -0.388 e. The van der Waals surface area contributed by atoms with E-state index in [1.165, 1.54) is 5.56 Å². The van der Waals surface area contributed by atoms with Gasteiger partial charge in [-0.3, -0.25) is 4.90 Å². The van der Waals surface area contributed by atoms with Gasteiger partial charge in [0.25, 0.3) is 0 Å². The van der Waals surface area contributed by atoms with Crippen molar-refractivity contribution in [3.63, 3.8) is 0 Å². The average molecular weight is 431 g/mol. The van der Waals surface area contributed by atoms with Crippen LogP contribution in [0.4, 0.5) is 11.5 Å². The highest BCUT2D eigenvalue weighted by Crippen LogP contribution is 2.32. The summed E-state index contributed by atoms with van der Waals surface area (Å²) in [7, 11) is 1.96. The van der Waals surface area contributed by atoms with Crippen LogP contribution in [0.25, 0.3) is 10.8 Å². The number of nitrogens with one attached hydrogen (secondary N) is 2. The molecule has 32 heavy (non-hydrogen) atoms. The van der Waals surface area contributed by atoms with Crippen LogP contribution in [0.5, 0.6) is 0 Å². The van der Waals surface area contributed by atoms with Crippen molar-refractivity contribution in [3.8, 4) is 6.07 Å². The molecule has 0 radical (unpaired) electrons. The third-order valence-corrected chi connectivity index (χ3v) is 6.27. The molecule has 1 saturated heterocycles. The highest BCUT2D eigenvalue weighted by atomic mass is 16.5. The summed E-state index contributed by atoms with van der Waals surface area (Å²) in [6.45, 7) is 10.4. The van der Waals surface area contributed by atoms with E-state index in [0.717, 1.165) is 71.9 Å². The van der Waals surface area contributed by atoms with Gasteiger partial charge in [0, 0.05) is 43.1 Å². The molecule has 1 atom stereocenters. The van der Waals surface area contributed by atoms with Gasteiger partial charge in [-0.15, -0.1) is 5.10 Å². The number of fused-ring (bicyclic) bond motifs is 1. The van der Waals surface area contributed by atoms with Gasteiger partial charge in [0.05, 0.1) is 36.6 Å². The first kappa shape index (κ1) is 22.0. The van der Waals surface area contributed by atoms with E-state index in [2.05, 4.69) is 56.9 Å². The Morgan fingerprint density at radius 1 is 1.16 bits per heavy atom. The summed E-state index contributed by atoms with van der Waals surface area (Å²) in [4.78, 5) is 2.42. The van der Waals surface area contributed by atoms with E-state index < -0.39 is 0 Å². The van der Waals surface area contributed by atoms with Crippen LogP contribution >= 0.6 is 0 Å². The number of benzene rings is 2. The number of morpholine rings is 1. The zero-order valence-corrected chi connectivity index (χ0v) is 19.2. The molecule has 1 unspecified atom stereocenters. The molecule has 0 amide bonds. The van der Waals surface area contributed by atoms with Crippen LogP contribution < -0.4 is 10.6 Å². The van der Waals surface area contributed by atoms with Crippen molar-refractivity contribution in [2.75, 3.05) is 44.0 Å². The van der Waals surface area contributed by atoms with E-state index >= 15 is 0 Å². The summed E-state index contributed by atoms with van der Waals surface area (Å²) in [6.07, 6.45) is 0. The van der Waals surface area contributed by atoms with Crippen LogP contribution in [0, 0.1) is 25.2 Å². The summed E-state index contributed by atoms with van der Waals surface area (Å²) in [5, 5.41) is 27.3. The van der Waals surface area contributed by atoms with Gasteiger partial charge in [0.1, 0.15) is 0 Å². The fourth-order valence-corrected chi connectivity index (χ4v) is 4.37. The van der Waals surface area contributed by atoms with Crippen molar-refractivity contribution in [2.24, 2.45) is 0 Å². The summed E-state index contributed by atoms with van der Waals surface area (Å²) in [5.41, 5.74) is 6.01. The maximum absolute atomic E-state index is 9.38. The number of anilines is 2. The van der Waals surface area contributed by atoms with Crippen molar-refractivity contribution < 1.29 is 4.74 Å². The molecule has 1 aromatic heterocycles. The van der Waals surface area contributed by atoms with Gasteiger partial charge < -0.3 is 15.4 Å². The minimum absolute atomic E-state index is 0.0189. The molecule has 7 heteroatoms. The lowest BCUT2D eigenvalue weighted by Crippen LogP contribution is -2.35. The van der Waals surface area contributed by atoms with E-state index in [1.54, 1.807) is 0 Å². The Kier molecular flexibility index (Phi) is 6.54. The Labute approximate surface area is 189 Å². The molecule has 2 N–H and O–H groups in total. The van der Waals surface area contributed by atoms with Crippen LogP contribution in [0.3, 0.4) is 0 Å². The first-order valence-electron chi connectivity index (χ1n) is 11.1. The maximum Gasteiger partial charge on any atom is 0.157 e. The standard InChI is InChI=1S/C25H30N6O/c1-16-19(14-26)6-5-7-21(16)17(2)28-25-23-13-24(27-4)20(12-22(23)18(3)29-30-25)15-31-8-10-32-11-9-31/h5-7,12-13,17,27H,8-11,15H2,1-4H3,(H,28,30). The van der Waals surface area contributed by atoms with Gasteiger partial charge >= 0.3 is 0 Å². The molecule has 0 saturated carbocycles. The predicted molar refractivity (Wildman–Crippen MR) is 128 cm³/mol. The number of aromatic nitrogens is 2. The Bertz CT molecular complexity index is 1160. The molecular formula is C25H30N6O. The summed E-state index contributed by atoms with van der Waals surface area (Å²) in [6, 6.07) is 12.5. The molecule has 4 rings (SSSR count). The van der Waals surface area contributed by atoms with Crippen molar-refractivity contribution in [3.05, 3.63) is 58.3 Å². The predicted octanol–water partition coefficient (Wildman–Crippen LogP) is 4.17. The van der Waals surface area contributed by atoms with Crippen molar-refractivity contribution in [2.45, 2.75) is 33.4 Å². The third kappa shape index (κ3) is 4.38. The van der Waals surface area contributed by atoms with Crippen LogP contribution in [0.15, 0.2) is 30.3 Å². The molecule has 1 fully saturated rings. The van der Waals surface area contributed by atoms with E-state index in [0.29, 0.717) is 5.56 Å². The van der Waals surface area contributed by atoms with Crippen LogP contribution in [0.2, 0.25) is 0 Å². The fraction of sp³-hybridized carbons (Fsp3) is 0.400. The average Bonchev–Trinajstić information content (AvgIpc) is 2.81. The normalized spacial score (nSPS) is 15.3. The van der Waals surface area contributed by atoms with Crippen LogP contribution in [-0.4, -0.2) is 48.4 Å². The van der Waals surface area contributed by atoms with Crippen LogP contribution in [-0.2, 0) is 11.3 Å². The largest absolute Gasteiger partial charge is 0.388 e. The Morgan fingerprint density at radius 3 is 2.66 bits per heavy atom. The lowest BCUT2D eigenvalue weighted by Gasteiger charge is -2.27. The highest BCUT2D eigenvalue weighted by molar-refractivity contribution is 5.96. The molecule has 0 spiro atoms. The Hall–Kier alpha value is -3.21. The lowest BCUT2D eigenvalue weighted by atomic mass is 9.98. The molecule has 2 heterocycles. The number of aryl methyl sites for hydroxylation is 1. The first-order chi connectivity index (χ1) is 15.5. The third-order valence-electron chi connectivity index (χ3n) is 6.27. The molecule has 3 aromatic rings. The summed E-state index contributed by atoms with van der Waals surface area (Å²) < 4.78 is 5.49. The van der Waals surface area contributed by atoms with E-state index in [1.807, 2.05) is 33.0 Å². The lowest BCUT2D eigenvalue weighted by molar-refractivity contribution is 0.0343. The van der Waals surface area contributed by atoms with Gasteiger partial charge in [-0.1, -0.05) is 12.1 Å². The van der Waals surface area contributed by atoms with Crippen LogP contribution in [0.1, 0.15) is 40.9 Å². The van der Waals surface area contributed by atoms with Gasteiger partial charge in [-0.25, -0.2) is 0 Å². The number of nitrogens with zero attached hydrogens (tertiary/aromatic N) is 4. The van der Waals surface area contributed by atoms with E-state index in [9.17, 15) is 5.26 Å². The number of rotatable bonds is 6. The monoisotopic (exact) mass is 430 g/mol. The van der Waals surface area contributed by atoms with Gasteiger partial charge in [-0.05, 0) is 55.7 Å². The van der Waals surface area contributed by atoms with Gasteiger partial charge in [0.15, 0.2) is 5.82 Å². The quantitative estimate of drug-likeness (QED) is 0.607. The summed E-state index contributed by atoms with van der Waals surface area (Å²) >= 11 is 0. The molecule has 7 nitrogen and oxygen atoms in total. The van der Waals surface area contributed by atoms with Crippen molar-refractivity contribution in [1.82, 2.24) is 15.1 Å². The second-order valence-corrected chi connectivity index (χ2v) is 8.33. The number of hydrogen-bond acceptors (Lipinski definition) is 7. The minimum atomic E-state index is -0.0189. The van der Waals surface area contributed by atoms with E-state index in [4.69, 9.17) is 4.74 Å². The molecular weight excluding hydrogens is 400 g/mol. The van der Waals surface area contributed by atoms with Gasteiger partial charge in [-0.2, -0.15) is 10.4 Å². The molecule has 2 aromatic carbocycles. The molecule has 1 aliphatic rings. The summed E-state index contributed by atoms with van der Waals surface area (Å²) in [5.74, 6) is 0.745. The van der Waals surface area contributed by atoms with Crippen molar-refractivity contribution >= 4 is 22.3 Å². The number of nitriles is 1. The molecule has 1 aliphatic heterocycles.